The number of amides is 2. The van der Waals surface area contributed by atoms with Crippen molar-refractivity contribution < 1.29 is 18.7 Å². The first-order valence-corrected chi connectivity index (χ1v) is 12.4. The summed E-state index contributed by atoms with van der Waals surface area (Å²) >= 11 is 0. The van der Waals surface area contributed by atoms with E-state index in [1.54, 1.807) is 0 Å². The molecule has 7 nitrogen and oxygen atoms in total. The summed E-state index contributed by atoms with van der Waals surface area (Å²) < 4.78 is 19.5. The topological polar surface area (TPSA) is 73.9 Å². The van der Waals surface area contributed by atoms with Crippen molar-refractivity contribution in [3.8, 4) is 0 Å². The summed E-state index contributed by atoms with van der Waals surface area (Å²) in [5, 5.41) is 6.75. The van der Waals surface area contributed by atoms with E-state index in [2.05, 4.69) is 22.5 Å². The molecule has 3 saturated heterocycles. The standard InChI is InChI=1S/C23H37FN4O3/c1-14-5-6-19(24)18-12-20(26-21(14)18)22(29)25-15-3-2-4-16(11-15)27-8-7-17(13-27)28-9-10-31-23(28)30/h14-21,26H,2-13H2,1H3,(H,25,29)/t14?,15-,16-,17?,18?,19?,20?,21?/m1/s1. The zero-order chi connectivity index (χ0) is 21.5. The van der Waals surface area contributed by atoms with Crippen molar-refractivity contribution in [3.63, 3.8) is 0 Å². The molecule has 3 heterocycles. The van der Waals surface area contributed by atoms with Crippen LogP contribution in [0.15, 0.2) is 0 Å². The van der Waals surface area contributed by atoms with Gasteiger partial charge >= 0.3 is 6.09 Å². The predicted octanol–water partition coefficient (Wildman–Crippen LogP) is 2.06. The molecule has 5 fully saturated rings. The molecular formula is C23H37FN4O3. The van der Waals surface area contributed by atoms with Crippen molar-refractivity contribution in [2.24, 2.45) is 11.8 Å². The Labute approximate surface area is 184 Å². The SMILES string of the molecule is CC1CCC(F)C2CC(C(=O)N[C@@H]3CCC[C@@H](N4CCC(N5CCOC5=O)C4)C3)NC12. The molecule has 0 aromatic heterocycles. The fraction of sp³-hybridized carbons (Fsp3) is 0.913. The number of rotatable bonds is 4. The van der Waals surface area contributed by atoms with E-state index in [1.165, 1.54) is 0 Å². The third-order valence-corrected chi connectivity index (χ3v) is 8.59. The second kappa shape index (κ2) is 8.85. The first kappa shape index (κ1) is 21.4. The summed E-state index contributed by atoms with van der Waals surface area (Å²) in [5.74, 6) is 0.473. The van der Waals surface area contributed by atoms with Crippen LogP contribution in [0.25, 0.3) is 0 Å². The zero-order valence-corrected chi connectivity index (χ0v) is 18.6. The van der Waals surface area contributed by atoms with Gasteiger partial charge in [-0.1, -0.05) is 6.92 Å². The first-order chi connectivity index (χ1) is 15.0. The molecule has 0 bridgehead atoms. The number of carbonyl (C=O) groups excluding carboxylic acids is 2. The van der Waals surface area contributed by atoms with E-state index >= 15 is 0 Å². The van der Waals surface area contributed by atoms with E-state index in [9.17, 15) is 14.0 Å². The molecule has 2 aliphatic carbocycles. The van der Waals surface area contributed by atoms with Crippen LogP contribution in [0.4, 0.5) is 9.18 Å². The molecule has 5 rings (SSSR count). The highest BCUT2D eigenvalue weighted by atomic mass is 19.1. The van der Waals surface area contributed by atoms with Gasteiger partial charge in [-0.3, -0.25) is 9.69 Å². The second-order valence-electron chi connectivity index (χ2n) is 10.5. The van der Waals surface area contributed by atoms with E-state index in [4.69, 9.17) is 4.74 Å². The van der Waals surface area contributed by atoms with Crippen molar-refractivity contribution in [1.29, 1.82) is 0 Å². The fourth-order valence-corrected chi connectivity index (χ4v) is 6.82. The average molecular weight is 437 g/mol. The minimum absolute atomic E-state index is 0.0163. The van der Waals surface area contributed by atoms with Gasteiger partial charge in [-0.2, -0.15) is 0 Å². The summed E-state index contributed by atoms with van der Waals surface area (Å²) in [7, 11) is 0. The van der Waals surface area contributed by atoms with Gasteiger partial charge in [-0.25, -0.2) is 9.18 Å². The van der Waals surface area contributed by atoms with E-state index < -0.39 is 6.17 Å². The van der Waals surface area contributed by atoms with Crippen LogP contribution in [0.5, 0.6) is 0 Å². The molecule has 2 amide bonds. The van der Waals surface area contributed by atoms with Crippen LogP contribution in [0.3, 0.4) is 0 Å². The van der Waals surface area contributed by atoms with Crippen molar-refractivity contribution >= 4 is 12.0 Å². The van der Waals surface area contributed by atoms with Gasteiger partial charge in [0, 0.05) is 43.2 Å². The number of fused-ring (bicyclic) bond motifs is 1. The summed E-state index contributed by atoms with van der Waals surface area (Å²) in [6.07, 6.45) is 6.44. The Morgan fingerprint density at radius 1 is 1.13 bits per heavy atom. The Hall–Kier alpha value is -1.41. The number of hydrogen-bond acceptors (Lipinski definition) is 5. The van der Waals surface area contributed by atoms with Gasteiger partial charge in [-0.15, -0.1) is 0 Å². The summed E-state index contributed by atoms with van der Waals surface area (Å²) in [5.41, 5.74) is 0. The maximum absolute atomic E-state index is 14.4. The van der Waals surface area contributed by atoms with Crippen molar-refractivity contribution in [2.75, 3.05) is 26.2 Å². The smallest absolute Gasteiger partial charge is 0.410 e. The number of nitrogens with zero attached hydrogens (tertiary/aromatic N) is 2. The number of hydrogen-bond donors (Lipinski definition) is 2. The highest BCUT2D eigenvalue weighted by molar-refractivity contribution is 5.82. The Bertz CT molecular complexity index is 676. The lowest BCUT2D eigenvalue weighted by atomic mass is 9.77. The Morgan fingerprint density at radius 3 is 2.77 bits per heavy atom. The second-order valence-corrected chi connectivity index (χ2v) is 10.5. The molecular weight excluding hydrogens is 399 g/mol. The van der Waals surface area contributed by atoms with E-state index in [1.807, 2.05) is 4.90 Å². The van der Waals surface area contributed by atoms with Gasteiger partial charge < -0.3 is 20.3 Å². The lowest BCUT2D eigenvalue weighted by molar-refractivity contribution is -0.124. The van der Waals surface area contributed by atoms with Crippen LogP contribution >= 0.6 is 0 Å². The van der Waals surface area contributed by atoms with Crippen LogP contribution in [0.2, 0.25) is 0 Å². The van der Waals surface area contributed by atoms with Gasteiger partial charge in [0.15, 0.2) is 0 Å². The van der Waals surface area contributed by atoms with Crippen molar-refractivity contribution in [3.05, 3.63) is 0 Å². The van der Waals surface area contributed by atoms with Gasteiger partial charge in [0.05, 0.1) is 12.6 Å². The highest BCUT2D eigenvalue weighted by Crippen LogP contribution is 2.38. The molecule has 2 saturated carbocycles. The zero-order valence-electron chi connectivity index (χ0n) is 18.6. The van der Waals surface area contributed by atoms with Crippen LogP contribution in [0.1, 0.15) is 58.3 Å². The molecule has 5 aliphatic rings. The molecule has 174 valence electrons. The van der Waals surface area contributed by atoms with Crippen molar-refractivity contribution in [1.82, 2.24) is 20.4 Å². The van der Waals surface area contributed by atoms with Crippen molar-refractivity contribution in [2.45, 2.75) is 94.7 Å². The maximum atomic E-state index is 14.4. The monoisotopic (exact) mass is 436 g/mol. The van der Waals surface area contributed by atoms with E-state index in [0.717, 1.165) is 51.6 Å². The number of cyclic esters (lactones) is 1. The summed E-state index contributed by atoms with van der Waals surface area (Å²) in [4.78, 5) is 29.3. The third-order valence-electron chi connectivity index (χ3n) is 8.59. The number of nitrogens with one attached hydrogen (secondary N) is 2. The summed E-state index contributed by atoms with van der Waals surface area (Å²) in [6.45, 7) is 5.29. The molecule has 6 unspecified atom stereocenters. The third kappa shape index (κ3) is 4.30. The van der Waals surface area contributed by atoms with Crippen LogP contribution < -0.4 is 10.6 Å². The molecule has 0 aromatic carbocycles. The maximum Gasteiger partial charge on any atom is 0.410 e. The van der Waals surface area contributed by atoms with Crippen LogP contribution in [-0.4, -0.2) is 84.4 Å². The predicted molar refractivity (Wildman–Crippen MR) is 114 cm³/mol. The van der Waals surface area contributed by atoms with E-state index in [-0.39, 0.29) is 42.1 Å². The van der Waals surface area contributed by atoms with Crippen LogP contribution in [0, 0.1) is 11.8 Å². The molecule has 8 heteroatoms. The lowest BCUT2D eigenvalue weighted by Crippen LogP contribution is -2.51. The summed E-state index contributed by atoms with van der Waals surface area (Å²) in [6, 6.07) is 0.776. The van der Waals surface area contributed by atoms with Crippen LogP contribution in [-0.2, 0) is 9.53 Å². The number of ether oxygens (including phenoxy) is 1. The molecule has 8 atom stereocenters. The number of halogens is 1. The molecule has 31 heavy (non-hydrogen) atoms. The Morgan fingerprint density at radius 2 is 2.00 bits per heavy atom. The molecule has 0 aromatic rings. The molecule has 2 N–H and O–H groups in total. The fourth-order valence-electron chi connectivity index (χ4n) is 6.82. The lowest BCUT2D eigenvalue weighted by Gasteiger charge is -2.36. The van der Waals surface area contributed by atoms with Gasteiger partial charge in [0.1, 0.15) is 12.8 Å². The minimum Gasteiger partial charge on any atom is -0.448 e. The number of likely N-dealkylation sites (tertiary alicyclic amines) is 1. The normalized spacial score (nSPS) is 43.7. The van der Waals surface area contributed by atoms with Gasteiger partial charge in [-0.05, 0) is 57.3 Å². The highest BCUT2D eigenvalue weighted by Gasteiger charge is 2.46. The number of carbonyl (C=O) groups is 2. The molecule has 0 radical (unpaired) electrons. The Balaban J connectivity index is 1.13. The van der Waals surface area contributed by atoms with Gasteiger partial charge in [0.2, 0.25) is 5.91 Å². The van der Waals surface area contributed by atoms with E-state index in [0.29, 0.717) is 38.0 Å². The Kier molecular flexibility index (Phi) is 6.12. The molecule has 3 aliphatic heterocycles. The molecule has 0 spiro atoms. The average Bonchev–Trinajstić information content (AvgIpc) is 3.50. The van der Waals surface area contributed by atoms with Gasteiger partial charge in [0.25, 0.3) is 0 Å². The minimum atomic E-state index is -0.776. The largest absolute Gasteiger partial charge is 0.448 e. The quantitative estimate of drug-likeness (QED) is 0.706. The number of alkyl halides is 1. The first-order valence-electron chi connectivity index (χ1n) is 12.4.